The first-order valence-electron chi connectivity index (χ1n) is 9.48. The van der Waals surface area contributed by atoms with Crippen LogP contribution in [0.1, 0.15) is 87.5 Å². The van der Waals surface area contributed by atoms with Gasteiger partial charge in [0.2, 0.25) is 0 Å². The summed E-state index contributed by atoms with van der Waals surface area (Å²) in [5.74, 6) is 4.61. The van der Waals surface area contributed by atoms with Crippen LogP contribution in [0.15, 0.2) is 11.6 Å². The topological polar surface area (TPSA) is 0 Å². The van der Waals surface area contributed by atoms with Gasteiger partial charge in [-0.2, -0.15) is 0 Å². The van der Waals surface area contributed by atoms with Gasteiger partial charge < -0.3 is 0 Å². The van der Waals surface area contributed by atoms with E-state index in [1.165, 1.54) is 32.1 Å². The highest BCUT2D eigenvalue weighted by Crippen LogP contribution is 2.48. The first-order chi connectivity index (χ1) is 9.79. The number of allylic oxidation sites excluding steroid dienone is 2. The molecular formula is C21H40. The Balaban J connectivity index is 0.00000106. The summed E-state index contributed by atoms with van der Waals surface area (Å²) in [6.07, 6.45) is 9.69. The zero-order valence-electron chi connectivity index (χ0n) is 16.0. The van der Waals surface area contributed by atoms with Crippen molar-refractivity contribution in [1.29, 1.82) is 0 Å². The molecule has 2 rings (SSSR count). The molecule has 0 amide bonds. The number of hydrogen-bond donors (Lipinski definition) is 0. The van der Waals surface area contributed by atoms with Crippen molar-refractivity contribution in [3.63, 3.8) is 0 Å². The number of rotatable bonds is 2. The van der Waals surface area contributed by atoms with E-state index in [0.29, 0.717) is 5.41 Å². The van der Waals surface area contributed by atoms with Crippen LogP contribution in [-0.2, 0) is 0 Å². The van der Waals surface area contributed by atoms with Crippen LogP contribution in [0.25, 0.3) is 0 Å². The maximum absolute atomic E-state index is 2.62. The number of hydrogen-bond acceptors (Lipinski definition) is 0. The maximum Gasteiger partial charge on any atom is -0.0203 e. The lowest BCUT2D eigenvalue weighted by Gasteiger charge is -2.40. The van der Waals surface area contributed by atoms with E-state index in [-0.39, 0.29) is 0 Å². The molecule has 0 N–H and O–H groups in total. The van der Waals surface area contributed by atoms with Crippen LogP contribution >= 0.6 is 0 Å². The minimum absolute atomic E-state index is 0.438. The Morgan fingerprint density at radius 2 is 1.62 bits per heavy atom. The van der Waals surface area contributed by atoms with Crippen molar-refractivity contribution in [2.75, 3.05) is 0 Å². The van der Waals surface area contributed by atoms with Crippen molar-refractivity contribution in [2.24, 2.45) is 35.0 Å². The molecule has 5 atom stereocenters. The molecule has 0 heteroatoms. The van der Waals surface area contributed by atoms with E-state index in [1.54, 1.807) is 5.57 Å². The second-order valence-electron chi connectivity index (χ2n) is 8.64. The van der Waals surface area contributed by atoms with Gasteiger partial charge in [0, 0.05) is 0 Å². The van der Waals surface area contributed by atoms with Crippen LogP contribution in [-0.4, -0.2) is 0 Å². The van der Waals surface area contributed by atoms with E-state index >= 15 is 0 Å². The summed E-state index contributed by atoms with van der Waals surface area (Å²) < 4.78 is 0. The molecule has 1 saturated carbocycles. The van der Waals surface area contributed by atoms with Gasteiger partial charge in [-0.15, -0.1) is 0 Å². The Bertz CT molecular complexity index is 330. The first kappa shape index (κ1) is 18.8. The standard InChI is InChI=1S/C19H34.C2H6/c1-13-8-7-9-17(13)18-11-10-16(12-19(4,5)6)14(2)15(18)3;1-2/h10,13-15,17-18H,7-9,11-12H2,1-6H3;1-2H3. The third-order valence-electron chi connectivity index (χ3n) is 5.91. The third-order valence-corrected chi connectivity index (χ3v) is 5.91. The summed E-state index contributed by atoms with van der Waals surface area (Å²) in [4.78, 5) is 0. The molecule has 0 bridgehead atoms. The lowest BCUT2D eigenvalue weighted by atomic mass is 9.65. The minimum Gasteiger partial charge on any atom is -0.0847 e. The molecule has 21 heavy (non-hydrogen) atoms. The predicted octanol–water partition coefficient (Wildman–Crippen LogP) is 7.10. The first-order valence-corrected chi connectivity index (χ1v) is 9.48. The molecule has 0 spiro atoms. The Morgan fingerprint density at radius 3 is 2.10 bits per heavy atom. The van der Waals surface area contributed by atoms with Gasteiger partial charge in [-0.1, -0.05) is 79.9 Å². The van der Waals surface area contributed by atoms with Gasteiger partial charge in [-0.05, 0) is 54.3 Å². The molecule has 0 aliphatic heterocycles. The zero-order valence-corrected chi connectivity index (χ0v) is 16.0. The van der Waals surface area contributed by atoms with Crippen molar-refractivity contribution in [3.05, 3.63) is 11.6 Å². The molecule has 0 aromatic carbocycles. The minimum atomic E-state index is 0.438. The third kappa shape index (κ3) is 4.86. The Labute approximate surface area is 134 Å². The van der Waals surface area contributed by atoms with Gasteiger partial charge in [0.15, 0.2) is 0 Å². The lowest BCUT2D eigenvalue weighted by molar-refractivity contribution is 0.155. The van der Waals surface area contributed by atoms with E-state index in [0.717, 1.165) is 29.6 Å². The summed E-state index contributed by atoms with van der Waals surface area (Å²) in [7, 11) is 0. The molecular weight excluding hydrogens is 252 g/mol. The Kier molecular flexibility index (Phi) is 7.01. The highest BCUT2D eigenvalue weighted by Gasteiger charge is 2.38. The summed E-state index contributed by atoms with van der Waals surface area (Å²) in [5.41, 5.74) is 2.18. The summed E-state index contributed by atoms with van der Waals surface area (Å²) in [5, 5.41) is 0. The maximum atomic E-state index is 2.62. The average molecular weight is 293 g/mol. The van der Waals surface area contributed by atoms with Crippen LogP contribution < -0.4 is 0 Å². The van der Waals surface area contributed by atoms with E-state index in [9.17, 15) is 0 Å². The van der Waals surface area contributed by atoms with Crippen molar-refractivity contribution in [3.8, 4) is 0 Å². The highest BCUT2D eigenvalue weighted by molar-refractivity contribution is 5.14. The summed E-state index contributed by atoms with van der Waals surface area (Å²) in [6, 6.07) is 0. The fourth-order valence-corrected chi connectivity index (χ4v) is 4.62. The Hall–Kier alpha value is -0.260. The van der Waals surface area contributed by atoms with Crippen molar-refractivity contribution < 1.29 is 0 Å². The van der Waals surface area contributed by atoms with E-state index in [2.05, 4.69) is 47.6 Å². The smallest absolute Gasteiger partial charge is 0.0203 e. The van der Waals surface area contributed by atoms with E-state index < -0.39 is 0 Å². The quantitative estimate of drug-likeness (QED) is 0.476. The molecule has 0 heterocycles. The molecule has 0 aromatic rings. The molecule has 2 aliphatic rings. The van der Waals surface area contributed by atoms with Gasteiger partial charge >= 0.3 is 0 Å². The molecule has 0 aromatic heterocycles. The monoisotopic (exact) mass is 292 g/mol. The Morgan fingerprint density at radius 1 is 1.00 bits per heavy atom. The van der Waals surface area contributed by atoms with Gasteiger partial charge in [-0.25, -0.2) is 0 Å². The summed E-state index contributed by atoms with van der Waals surface area (Å²) in [6.45, 7) is 18.6. The van der Waals surface area contributed by atoms with Crippen molar-refractivity contribution >= 4 is 0 Å². The molecule has 0 nitrogen and oxygen atoms in total. The van der Waals surface area contributed by atoms with Crippen LogP contribution in [0.2, 0.25) is 0 Å². The normalized spacial score (nSPS) is 36.8. The molecule has 0 radical (unpaired) electrons. The molecule has 5 unspecified atom stereocenters. The van der Waals surface area contributed by atoms with Crippen molar-refractivity contribution in [2.45, 2.75) is 87.5 Å². The van der Waals surface area contributed by atoms with E-state index in [1.807, 2.05) is 13.8 Å². The highest BCUT2D eigenvalue weighted by atomic mass is 14.4. The van der Waals surface area contributed by atoms with Crippen LogP contribution in [0.4, 0.5) is 0 Å². The van der Waals surface area contributed by atoms with Gasteiger partial charge in [0.1, 0.15) is 0 Å². The SMILES string of the molecule is CC.CC1CCCC1C1CC=C(CC(C)(C)C)C(C)C1C. The summed E-state index contributed by atoms with van der Waals surface area (Å²) >= 11 is 0. The van der Waals surface area contributed by atoms with Gasteiger partial charge in [0.05, 0.1) is 0 Å². The fourth-order valence-electron chi connectivity index (χ4n) is 4.62. The molecule has 1 fully saturated rings. The largest absolute Gasteiger partial charge is 0.0847 e. The average Bonchev–Trinajstić information content (AvgIpc) is 2.83. The van der Waals surface area contributed by atoms with Gasteiger partial charge in [0.25, 0.3) is 0 Å². The predicted molar refractivity (Wildman–Crippen MR) is 96.4 cm³/mol. The van der Waals surface area contributed by atoms with E-state index in [4.69, 9.17) is 0 Å². The lowest BCUT2D eigenvalue weighted by Crippen LogP contribution is -2.32. The second kappa shape index (κ2) is 7.84. The van der Waals surface area contributed by atoms with Gasteiger partial charge in [-0.3, -0.25) is 0 Å². The van der Waals surface area contributed by atoms with Crippen LogP contribution in [0.5, 0.6) is 0 Å². The molecule has 0 saturated heterocycles. The molecule has 124 valence electrons. The molecule has 2 aliphatic carbocycles. The van der Waals surface area contributed by atoms with Crippen molar-refractivity contribution in [1.82, 2.24) is 0 Å². The van der Waals surface area contributed by atoms with Crippen LogP contribution in [0.3, 0.4) is 0 Å². The second-order valence-corrected chi connectivity index (χ2v) is 8.64. The fraction of sp³-hybridized carbons (Fsp3) is 0.905. The van der Waals surface area contributed by atoms with Crippen LogP contribution in [0, 0.1) is 35.0 Å². The zero-order chi connectivity index (χ0) is 16.2.